The van der Waals surface area contributed by atoms with Gasteiger partial charge in [-0.1, -0.05) is 11.6 Å². The van der Waals surface area contributed by atoms with Gasteiger partial charge in [-0.05, 0) is 53.3 Å². The Hall–Kier alpha value is -0.880. The molecule has 0 aliphatic heterocycles. The van der Waals surface area contributed by atoms with Crippen LogP contribution in [0.25, 0.3) is 0 Å². The van der Waals surface area contributed by atoms with Crippen molar-refractivity contribution in [1.29, 1.82) is 0 Å². The summed E-state index contributed by atoms with van der Waals surface area (Å²) in [5.74, 6) is 1.61. The number of anilines is 1. The summed E-state index contributed by atoms with van der Waals surface area (Å²) in [6.45, 7) is 2.57. The van der Waals surface area contributed by atoms with Gasteiger partial charge in [0.1, 0.15) is 11.5 Å². The summed E-state index contributed by atoms with van der Waals surface area (Å²) in [7, 11) is 1.63. The standard InChI is InChI=1S/C13H13ClINO2/c1-8-5-11(12(17-2)6-10(8)14)16-7-9-3-4-13(15)18-9/h3-6,16H,7H2,1-2H3. The lowest BCUT2D eigenvalue weighted by molar-refractivity contribution is 0.416. The van der Waals surface area contributed by atoms with E-state index in [0.717, 1.165) is 26.5 Å². The molecule has 1 N–H and O–H groups in total. The summed E-state index contributed by atoms with van der Waals surface area (Å²) in [5, 5.41) is 3.98. The Morgan fingerprint density at radius 2 is 2.17 bits per heavy atom. The Kier molecular flexibility index (Phi) is 4.40. The van der Waals surface area contributed by atoms with E-state index in [2.05, 4.69) is 27.9 Å². The minimum absolute atomic E-state index is 0.612. The number of furan rings is 1. The van der Waals surface area contributed by atoms with Crippen molar-refractivity contribution >= 4 is 39.9 Å². The molecule has 0 radical (unpaired) electrons. The van der Waals surface area contributed by atoms with E-state index in [1.807, 2.05) is 31.2 Å². The van der Waals surface area contributed by atoms with Crippen LogP contribution in [0.5, 0.6) is 5.75 Å². The highest BCUT2D eigenvalue weighted by molar-refractivity contribution is 14.1. The van der Waals surface area contributed by atoms with Gasteiger partial charge >= 0.3 is 0 Å². The van der Waals surface area contributed by atoms with Crippen LogP contribution in [0.4, 0.5) is 5.69 Å². The van der Waals surface area contributed by atoms with E-state index in [9.17, 15) is 0 Å². The van der Waals surface area contributed by atoms with E-state index in [0.29, 0.717) is 11.6 Å². The van der Waals surface area contributed by atoms with E-state index >= 15 is 0 Å². The normalized spacial score (nSPS) is 10.4. The third kappa shape index (κ3) is 3.11. The molecular weight excluding hydrogens is 365 g/mol. The van der Waals surface area contributed by atoms with Crippen molar-refractivity contribution in [1.82, 2.24) is 0 Å². The quantitative estimate of drug-likeness (QED) is 0.799. The number of rotatable bonds is 4. The lowest BCUT2D eigenvalue weighted by atomic mass is 10.2. The van der Waals surface area contributed by atoms with Gasteiger partial charge in [0.05, 0.1) is 19.3 Å². The highest BCUT2D eigenvalue weighted by Gasteiger charge is 2.07. The van der Waals surface area contributed by atoms with Crippen LogP contribution in [0.15, 0.2) is 28.7 Å². The van der Waals surface area contributed by atoms with Crippen molar-refractivity contribution in [3.05, 3.63) is 44.4 Å². The summed E-state index contributed by atoms with van der Waals surface area (Å²) >= 11 is 8.20. The molecule has 0 fully saturated rings. The van der Waals surface area contributed by atoms with Crippen LogP contribution in [0.3, 0.4) is 0 Å². The summed E-state index contributed by atoms with van der Waals surface area (Å²) < 4.78 is 11.7. The molecule has 2 aromatic rings. The van der Waals surface area contributed by atoms with E-state index in [1.165, 1.54) is 0 Å². The van der Waals surface area contributed by atoms with E-state index in [1.54, 1.807) is 7.11 Å². The molecule has 0 amide bonds. The van der Waals surface area contributed by atoms with Gasteiger partial charge < -0.3 is 14.5 Å². The zero-order valence-electron chi connectivity index (χ0n) is 10.1. The molecule has 1 aromatic heterocycles. The van der Waals surface area contributed by atoms with Gasteiger partial charge in [0, 0.05) is 11.1 Å². The molecule has 0 bridgehead atoms. The number of ether oxygens (including phenoxy) is 1. The van der Waals surface area contributed by atoms with Crippen LogP contribution < -0.4 is 10.1 Å². The summed E-state index contributed by atoms with van der Waals surface area (Å²) in [6, 6.07) is 7.66. The van der Waals surface area contributed by atoms with Gasteiger partial charge in [0.2, 0.25) is 0 Å². The molecular formula is C13H13ClINO2. The molecule has 0 saturated carbocycles. The van der Waals surface area contributed by atoms with Crippen LogP contribution in [0, 0.1) is 10.7 Å². The third-order valence-electron chi connectivity index (χ3n) is 2.56. The Bertz CT molecular complexity index is 554. The predicted molar refractivity (Wildman–Crippen MR) is 81.5 cm³/mol. The zero-order chi connectivity index (χ0) is 13.1. The Labute approximate surface area is 125 Å². The molecule has 5 heteroatoms. The predicted octanol–water partition coefficient (Wildman–Crippen LogP) is 4.47. The van der Waals surface area contributed by atoms with Crippen molar-refractivity contribution in [2.24, 2.45) is 0 Å². The first-order chi connectivity index (χ1) is 8.60. The maximum absolute atomic E-state index is 6.06. The molecule has 2 rings (SSSR count). The Balaban J connectivity index is 2.15. The Morgan fingerprint density at radius 3 is 2.78 bits per heavy atom. The van der Waals surface area contributed by atoms with Crippen LogP contribution in [0.1, 0.15) is 11.3 Å². The van der Waals surface area contributed by atoms with Gasteiger partial charge in [0.25, 0.3) is 0 Å². The number of benzene rings is 1. The molecule has 0 saturated heterocycles. The van der Waals surface area contributed by atoms with E-state index in [4.69, 9.17) is 20.8 Å². The van der Waals surface area contributed by atoms with Gasteiger partial charge in [-0.2, -0.15) is 0 Å². The van der Waals surface area contributed by atoms with Gasteiger partial charge in [-0.3, -0.25) is 0 Å². The first kappa shape index (κ1) is 13.5. The molecule has 96 valence electrons. The minimum atomic E-state index is 0.612. The number of halogens is 2. The van der Waals surface area contributed by atoms with Crippen molar-refractivity contribution in [2.75, 3.05) is 12.4 Å². The maximum atomic E-state index is 6.06. The number of hydrogen-bond acceptors (Lipinski definition) is 3. The van der Waals surface area contributed by atoms with Crippen LogP contribution >= 0.6 is 34.2 Å². The highest BCUT2D eigenvalue weighted by Crippen LogP contribution is 2.31. The van der Waals surface area contributed by atoms with Gasteiger partial charge in [0.15, 0.2) is 3.77 Å². The fraction of sp³-hybridized carbons (Fsp3) is 0.231. The molecule has 0 unspecified atom stereocenters. The third-order valence-corrected chi connectivity index (χ3v) is 3.55. The smallest absolute Gasteiger partial charge is 0.164 e. The van der Waals surface area contributed by atoms with E-state index < -0.39 is 0 Å². The molecule has 0 aliphatic carbocycles. The average Bonchev–Trinajstić information content (AvgIpc) is 2.76. The zero-order valence-corrected chi connectivity index (χ0v) is 13.0. The summed E-state index contributed by atoms with van der Waals surface area (Å²) in [5.41, 5.74) is 1.92. The number of methoxy groups -OCH3 is 1. The van der Waals surface area contributed by atoms with Crippen molar-refractivity contribution in [3.63, 3.8) is 0 Å². The van der Waals surface area contributed by atoms with Crippen molar-refractivity contribution in [2.45, 2.75) is 13.5 Å². The highest BCUT2D eigenvalue weighted by atomic mass is 127. The fourth-order valence-corrected chi connectivity index (χ4v) is 2.22. The van der Waals surface area contributed by atoms with Gasteiger partial charge in [-0.15, -0.1) is 0 Å². The van der Waals surface area contributed by atoms with Crippen molar-refractivity contribution < 1.29 is 9.15 Å². The Morgan fingerprint density at radius 1 is 1.39 bits per heavy atom. The van der Waals surface area contributed by atoms with Crippen LogP contribution in [0.2, 0.25) is 5.02 Å². The lowest BCUT2D eigenvalue weighted by Crippen LogP contribution is -2.01. The van der Waals surface area contributed by atoms with Crippen LogP contribution in [-0.4, -0.2) is 7.11 Å². The molecule has 0 aliphatic rings. The first-order valence-corrected chi connectivity index (χ1v) is 6.88. The SMILES string of the molecule is COc1cc(Cl)c(C)cc1NCc1ccc(I)o1. The maximum Gasteiger partial charge on any atom is 0.164 e. The molecule has 1 heterocycles. The molecule has 3 nitrogen and oxygen atoms in total. The van der Waals surface area contributed by atoms with Gasteiger partial charge in [-0.25, -0.2) is 0 Å². The van der Waals surface area contributed by atoms with Crippen molar-refractivity contribution in [3.8, 4) is 5.75 Å². The second-order valence-electron chi connectivity index (χ2n) is 3.86. The molecule has 18 heavy (non-hydrogen) atoms. The topological polar surface area (TPSA) is 34.4 Å². The molecule has 1 aromatic carbocycles. The summed E-state index contributed by atoms with van der Waals surface area (Å²) in [6.07, 6.45) is 0. The summed E-state index contributed by atoms with van der Waals surface area (Å²) in [4.78, 5) is 0. The average molecular weight is 378 g/mol. The minimum Gasteiger partial charge on any atom is -0.495 e. The monoisotopic (exact) mass is 377 g/mol. The number of hydrogen-bond donors (Lipinski definition) is 1. The molecule has 0 spiro atoms. The lowest BCUT2D eigenvalue weighted by Gasteiger charge is -2.12. The second kappa shape index (κ2) is 5.84. The second-order valence-corrected chi connectivity index (χ2v) is 5.33. The number of nitrogens with one attached hydrogen (secondary N) is 1. The number of aryl methyl sites for hydroxylation is 1. The van der Waals surface area contributed by atoms with E-state index in [-0.39, 0.29) is 0 Å². The first-order valence-electron chi connectivity index (χ1n) is 5.42. The molecule has 0 atom stereocenters. The van der Waals surface area contributed by atoms with Crippen LogP contribution in [-0.2, 0) is 6.54 Å². The fourth-order valence-electron chi connectivity index (χ4n) is 1.60. The largest absolute Gasteiger partial charge is 0.495 e.